The number of hydrogen-bond donors (Lipinski definition) is 3. The van der Waals surface area contributed by atoms with Gasteiger partial charge in [0.1, 0.15) is 23.5 Å². The molecule has 210 valence electrons. The number of pyridine rings is 3. The molecular formula is C28H27ClN8O3S. The molecule has 4 N–H and O–H groups in total. The zero-order valence-corrected chi connectivity index (χ0v) is 23.9. The van der Waals surface area contributed by atoms with Gasteiger partial charge in [0.15, 0.2) is 11.5 Å². The lowest BCUT2D eigenvalue weighted by Gasteiger charge is -2.37. The Balaban J connectivity index is 1.28. The number of aromatic hydroxyl groups is 1. The van der Waals surface area contributed by atoms with E-state index in [9.17, 15) is 14.7 Å². The number of anilines is 2. The van der Waals surface area contributed by atoms with E-state index >= 15 is 0 Å². The Morgan fingerprint density at radius 2 is 1.88 bits per heavy atom. The molecule has 0 aliphatic carbocycles. The lowest BCUT2D eigenvalue weighted by Crippen LogP contribution is -2.48. The molecule has 0 spiro atoms. The molecule has 0 unspecified atom stereocenters. The van der Waals surface area contributed by atoms with Crippen LogP contribution in [0.3, 0.4) is 0 Å². The van der Waals surface area contributed by atoms with Crippen molar-refractivity contribution in [1.82, 2.24) is 24.1 Å². The Morgan fingerprint density at radius 3 is 2.66 bits per heavy atom. The number of nitrogens with two attached hydrogens (primary N) is 1. The maximum atomic E-state index is 13.2. The van der Waals surface area contributed by atoms with E-state index in [2.05, 4.69) is 32.2 Å². The Hall–Kier alpha value is -4.13. The Bertz CT molecular complexity index is 1880. The molecule has 0 saturated carbocycles. The summed E-state index contributed by atoms with van der Waals surface area (Å²) in [4.78, 5) is 38.5. The molecule has 1 aliphatic heterocycles. The maximum absolute atomic E-state index is 13.2. The van der Waals surface area contributed by atoms with Gasteiger partial charge in [-0.2, -0.15) is 9.61 Å². The van der Waals surface area contributed by atoms with Gasteiger partial charge in [-0.3, -0.25) is 9.59 Å². The van der Waals surface area contributed by atoms with Gasteiger partial charge in [-0.15, -0.1) is 0 Å². The van der Waals surface area contributed by atoms with Crippen molar-refractivity contribution in [2.75, 3.05) is 23.3 Å². The fraction of sp³-hybridized carbons (Fsp3) is 0.250. The predicted molar refractivity (Wildman–Crippen MR) is 159 cm³/mol. The van der Waals surface area contributed by atoms with Crippen LogP contribution in [0.25, 0.3) is 16.6 Å². The highest BCUT2D eigenvalue weighted by Crippen LogP contribution is 2.39. The van der Waals surface area contributed by atoms with E-state index < -0.39 is 22.8 Å². The molecule has 11 nitrogen and oxygen atoms in total. The van der Waals surface area contributed by atoms with Gasteiger partial charge in [0.2, 0.25) is 0 Å². The highest BCUT2D eigenvalue weighted by atomic mass is 35.5. The molecule has 41 heavy (non-hydrogen) atoms. The minimum atomic E-state index is -0.815. The predicted octanol–water partition coefficient (Wildman–Crippen LogP) is 4.06. The van der Waals surface area contributed by atoms with Crippen molar-refractivity contribution in [2.45, 2.75) is 35.1 Å². The van der Waals surface area contributed by atoms with E-state index in [1.807, 2.05) is 12.1 Å². The zero-order chi connectivity index (χ0) is 28.9. The number of fused-ring (bicyclic) bond motifs is 2. The molecule has 1 aromatic carbocycles. The van der Waals surface area contributed by atoms with E-state index in [4.69, 9.17) is 17.3 Å². The van der Waals surface area contributed by atoms with Crippen molar-refractivity contribution < 1.29 is 9.90 Å². The fourth-order valence-electron chi connectivity index (χ4n) is 5.00. The van der Waals surface area contributed by atoms with Crippen LogP contribution in [-0.2, 0) is 7.05 Å². The number of hydrogen-bond acceptors (Lipinski definition) is 9. The number of nitrogens with one attached hydrogen (secondary N) is 1. The largest absolute Gasteiger partial charge is 0.506 e. The van der Waals surface area contributed by atoms with Crippen LogP contribution in [0.15, 0.2) is 69.6 Å². The number of rotatable bonds is 5. The quantitative estimate of drug-likeness (QED) is 0.276. The number of benzene rings is 1. The van der Waals surface area contributed by atoms with Crippen molar-refractivity contribution in [2.24, 2.45) is 12.8 Å². The second-order valence-corrected chi connectivity index (χ2v) is 11.8. The normalized spacial score (nSPS) is 15.0. The third-order valence-corrected chi connectivity index (χ3v) is 9.00. The van der Waals surface area contributed by atoms with Crippen molar-refractivity contribution in [3.05, 3.63) is 75.9 Å². The molecule has 5 heterocycles. The molecule has 4 aromatic heterocycles. The minimum Gasteiger partial charge on any atom is -0.506 e. The van der Waals surface area contributed by atoms with Gasteiger partial charge in [0.05, 0.1) is 15.4 Å². The first-order valence-electron chi connectivity index (χ1n) is 13.0. The summed E-state index contributed by atoms with van der Waals surface area (Å²) in [6, 6.07) is 12.5. The molecular weight excluding hydrogens is 564 g/mol. The van der Waals surface area contributed by atoms with Crippen molar-refractivity contribution in [3.8, 4) is 5.75 Å². The maximum Gasteiger partial charge on any atom is 0.267 e. The van der Waals surface area contributed by atoms with Gasteiger partial charge in [-0.25, -0.2) is 9.97 Å². The fourth-order valence-corrected chi connectivity index (χ4v) is 6.20. The Morgan fingerprint density at radius 1 is 1.12 bits per heavy atom. The third-order valence-electron chi connectivity index (χ3n) is 7.41. The van der Waals surface area contributed by atoms with Gasteiger partial charge >= 0.3 is 0 Å². The molecule has 1 fully saturated rings. The molecule has 13 heteroatoms. The number of carbonyl (C=O) groups is 1. The van der Waals surface area contributed by atoms with E-state index in [0.29, 0.717) is 21.4 Å². The Labute approximate surface area is 244 Å². The number of aromatic nitrogens is 5. The van der Waals surface area contributed by atoms with Crippen LogP contribution < -0.4 is 21.5 Å². The van der Waals surface area contributed by atoms with E-state index in [0.717, 1.165) is 36.6 Å². The third kappa shape index (κ3) is 4.88. The number of halogens is 1. The average molecular weight is 591 g/mol. The summed E-state index contributed by atoms with van der Waals surface area (Å²) in [6.07, 6.45) is 4.78. The summed E-state index contributed by atoms with van der Waals surface area (Å²) in [7, 11) is 1.54. The average Bonchev–Trinajstić information content (AvgIpc) is 3.45. The first-order chi connectivity index (χ1) is 19.6. The number of amides is 1. The van der Waals surface area contributed by atoms with Crippen molar-refractivity contribution in [3.63, 3.8) is 0 Å². The van der Waals surface area contributed by atoms with Gasteiger partial charge < -0.3 is 25.6 Å². The number of piperidine rings is 1. The van der Waals surface area contributed by atoms with Gasteiger partial charge in [-0.05, 0) is 50.1 Å². The van der Waals surface area contributed by atoms with Gasteiger partial charge in [0, 0.05) is 42.2 Å². The molecule has 0 radical (unpaired) electrons. The molecule has 0 bridgehead atoms. The van der Waals surface area contributed by atoms with Gasteiger partial charge in [0.25, 0.3) is 11.5 Å². The summed E-state index contributed by atoms with van der Waals surface area (Å²) >= 11 is 8.05. The van der Waals surface area contributed by atoms with Crippen LogP contribution in [0, 0.1) is 0 Å². The van der Waals surface area contributed by atoms with Crippen LogP contribution in [0.1, 0.15) is 30.1 Å². The SMILES string of the molecule is Cn1c(=O)c(C(=O)Nc2nccc(Sc3ccc(N4CCC(C)(N)CC4)n4ncnc34)c2Cl)c(O)c2ccccc21. The van der Waals surface area contributed by atoms with Crippen LogP contribution >= 0.6 is 23.4 Å². The van der Waals surface area contributed by atoms with E-state index in [-0.39, 0.29) is 16.4 Å². The number of carbonyl (C=O) groups excluding carboxylic acids is 1. The van der Waals surface area contributed by atoms with Crippen LogP contribution in [0.5, 0.6) is 5.75 Å². The second kappa shape index (κ2) is 10.4. The lowest BCUT2D eigenvalue weighted by molar-refractivity contribution is 0.102. The zero-order valence-electron chi connectivity index (χ0n) is 22.3. The van der Waals surface area contributed by atoms with Gasteiger partial charge in [-0.1, -0.05) is 35.5 Å². The molecule has 1 aliphatic rings. The summed E-state index contributed by atoms with van der Waals surface area (Å²) in [6.45, 7) is 3.72. The monoisotopic (exact) mass is 590 g/mol. The molecule has 1 saturated heterocycles. The first-order valence-corrected chi connectivity index (χ1v) is 14.1. The van der Waals surface area contributed by atoms with Crippen molar-refractivity contribution >= 4 is 57.5 Å². The van der Waals surface area contributed by atoms with Crippen LogP contribution in [0.4, 0.5) is 11.6 Å². The van der Waals surface area contributed by atoms with E-state index in [1.54, 1.807) is 41.9 Å². The molecule has 6 rings (SSSR count). The minimum absolute atomic E-state index is 0.0588. The smallest absolute Gasteiger partial charge is 0.267 e. The topological polar surface area (TPSA) is 144 Å². The van der Waals surface area contributed by atoms with Crippen LogP contribution in [0.2, 0.25) is 5.02 Å². The standard InChI is InChI=1S/C28H27ClN8O3S/c1-28(30)10-13-36(14-11-28)20-8-7-19(25-32-15-33-37(20)25)41-18-9-12-31-24(22(18)29)34-26(39)21-23(38)16-5-3-4-6-17(16)35(2)27(21)40/h3-9,12,15,38H,10-11,13-14,30H2,1-2H3,(H,31,34,39). The molecule has 0 atom stereocenters. The highest BCUT2D eigenvalue weighted by molar-refractivity contribution is 7.99. The van der Waals surface area contributed by atoms with Crippen molar-refractivity contribution in [1.29, 1.82) is 0 Å². The number of aryl methyl sites for hydroxylation is 1. The summed E-state index contributed by atoms with van der Waals surface area (Å²) in [5.41, 5.74) is 6.28. The number of para-hydroxylation sites is 1. The highest BCUT2D eigenvalue weighted by Gasteiger charge is 2.28. The summed E-state index contributed by atoms with van der Waals surface area (Å²) in [5, 5.41) is 18.4. The second-order valence-electron chi connectivity index (χ2n) is 10.3. The Kier molecular flexibility index (Phi) is 6.84. The first kappa shape index (κ1) is 27.1. The number of nitrogens with zero attached hydrogens (tertiary/aromatic N) is 6. The summed E-state index contributed by atoms with van der Waals surface area (Å²) in [5.74, 6) is -0.224. The molecule has 5 aromatic rings. The summed E-state index contributed by atoms with van der Waals surface area (Å²) < 4.78 is 3.12. The van der Waals surface area contributed by atoms with Crippen LogP contribution in [-0.4, -0.2) is 53.8 Å². The lowest BCUT2D eigenvalue weighted by atomic mass is 9.91. The van der Waals surface area contributed by atoms with E-state index in [1.165, 1.54) is 28.9 Å². The molecule has 1 amide bonds.